The lowest BCUT2D eigenvalue weighted by atomic mass is 9.78. The van der Waals surface area contributed by atoms with Gasteiger partial charge in [-0.1, -0.05) is 56.5 Å². The number of benzene rings is 1. The van der Waals surface area contributed by atoms with E-state index in [1.165, 1.54) is 54.2 Å². The predicted octanol–water partition coefficient (Wildman–Crippen LogP) is 4.13. The Morgan fingerprint density at radius 1 is 1.26 bits per heavy atom. The van der Waals surface area contributed by atoms with Gasteiger partial charge < -0.3 is 5.21 Å². The van der Waals surface area contributed by atoms with E-state index in [2.05, 4.69) is 41.2 Å². The van der Waals surface area contributed by atoms with Crippen molar-refractivity contribution < 1.29 is 5.21 Å². The number of nitrogens with zero attached hydrogens (tertiary/aromatic N) is 4. The summed E-state index contributed by atoms with van der Waals surface area (Å²) in [6.07, 6.45) is 9.45. The first kappa shape index (κ1) is 15.7. The number of oxime groups is 1. The van der Waals surface area contributed by atoms with Crippen molar-refractivity contribution in [2.45, 2.75) is 57.8 Å². The van der Waals surface area contributed by atoms with E-state index in [4.69, 9.17) is 0 Å². The summed E-state index contributed by atoms with van der Waals surface area (Å²) in [5, 5.41) is 17.2. The quantitative estimate of drug-likeness (QED) is 0.401. The first-order valence-electron chi connectivity index (χ1n) is 8.42. The van der Waals surface area contributed by atoms with Gasteiger partial charge >= 0.3 is 0 Å². The Kier molecular flexibility index (Phi) is 4.74. The first-order valence-corrected chi connectivity index (χ1v) is 8.42. The van der Waals surface area contributed by atoms with Gasteiger partial charge in [0.05, 0.1) is 0 Å². The summed E-state index contributed by atoms with van der Waals surface area (Å²) in [7, 11) is 0. The van der Waals surface area contributed by atoms with Crippen LogP contribution in [0.2, 0.25) is 0 Å². The van der Waals surface area contributed by atoms with Gasteiger partial charge in [-0.25, -0.2) is 4.98 Å². The van der Waals surface area contributed by atoms with Crippen LogP contribution in [0.5, 0.6) is 0 Å². The summed E-state index contributed by atoms with van der Waals surface area (Å²) in [6, 6.07) is 6.32. The molecule has 0 spiro atoms. The Bertz CT molecular complexity index is 670. The van der Waals surface area contributed by atoms with Gasteiger partial charge in [-0.05, 0) is 35.8 Å². The standard InChI is InChI=1S/C18H24N4O/c1-13(2)17-15(14-7-4-3-5-8-14)9-6-10-16(17)18(21-23)22-12-19-11-20-22/h6,9-14,23H,3-5,7-8H2,1-2H3. The van der Waals surface area contributed by atoms with Crippen molar-refractivity contribution in [3.63, 3.8) is 0 Å². The molecule has 0 bridgehead atoms. The van der Waals surface area contributed by atoms with Crippen molar-refractivity contribution in [2.24, 2.45) is 5.16 Å². The maximum atomic E-state index is 9.56. The van der Waals surface area contributed by atoms with Crippen LogP contribution in [-0.4, -0.2) is 25.8 Å². The molecule has 1 N–H and O–H groups in total. The van der Waals surface area contributed by atoms with E-state index in [9.17, 15) is 5.21 Å². The van der Waals surface area contributed by atoms with E-state index in [0.717, 1.165) is 5.56 Å². The molecule has 122 valence electrons. The largest absolute Gasteiger partial charge is 0.409 e. The molecule has 3 rings (SSSR count). The van der Waals surface area contributed by atoms with Crippen LogP contribution < -0.4 is 0 Å². The topological polar surface area (TPSA) is 63.3 Å². The van der Waals surface area contributed by atoms with E-state index in [0.29, 0.717) is 17.7 Å². The zero-order valence-corrected chi connectivity index (χ0v) is 13.8. The first-order chi connectivity index (χ1) is 11.2. The van der Waals surface area contributed by atoms with Crippen LogP contribution in [0.15, 0.2) is 36.0 Å². The molecule has 0 aliphatic heterocycles. The maximum absolute atomic E-state index is 9.56. The minimum atomic E-state index is 0.350. The fourth-order valence-electron chi connectivity index (χ4n) is 3.73. The molecule has 0 amide bonds. The summed E-state index contributed by atoms with van der Waals surface area (Å²) in [5.74, 6) is 1.39. The van der Waals surface area contributed by atoms with Gasteiger partial charge in [0.15, 0.2) is 0 Å². The monoisotopic (exact) mass is 312 g/mol. The van der Waals surface area contributed by atoms with Gasteiger partial charge in [0, 0.05) is 5.56 Å². The number of hydrogen-bond donors (Lipinski definition) is 1. The lowest BCUT2D eigenvalue weighted by molar-refractivity contribution is 0.316. The second kappa shape index (κ2) is 6.94. The van der Waals surface area contributed by atoms with E-state index < -0.39 is 0 Å². The molecule has 5 heteroatoms. The van der Waals surface area contributed by atoms with Crippen molar-refractivity contribution in [1.82, 2.24) is 14.8 Å². The van der Waals surface area contributed by atoms with Gasteiger partial charge in [0.1, 0.15) is 12.7 Å². The smallest absolute Gasteiger partial charge is 0.201 e. The molecule has 1 fully saturated rings. The highest BCUT2D eigenvalue weighted by atomic mass is 16.4. The molecular formula is C18H24N4O. The number of hydrogen-bond acceptors (Lipinski definition) is 4. The molecule has 0 unspecified atom stereocenters. The molecular weight excluding hydrogens is 288 g/mol. The Hall–Kier alpha value is -2.17. The number of aromatic nitrogens is 3. The fraction of sp³-hybridized carbons (Fsp3) is 0.500. The molecule has 1 aromatic carbocycles. The van der Waals surface area contributed by atoms with Crippen LogP contribution >= 0.6 is 0 Å². The minimum Gasteiger partial charge on any atom is -0.409 e. The lowest BCUT2D eigenvalue weighted by Gasteiger charge is -2.27. The Morgan fingerprint density at radius 2 is 2.04 bits per heavy atom. The van der Waals surface area contributed by atoms with Crippen LogP contribution in [0.1, 0.15) is 74.5 Å². The van der Waals surface area contributed by atoms with Gasteiger partial charge in [-0.15, -0.1) is 0 Å². The number of rotatable bonds is 3. The maximum Gasteiger partial charge on any atom is 0.201 e. The SMILES string of the molecule is CC(C)c1c(C(=NO)n2cncn2)cccc1C1CCCCC1. The molecule has 23 heavy (non-hydrogen) atoms. The van der Waals surface area contributed by atoms with Crippen LogP contribution in [0, 0.1) is 0 Å². The van der Waals surface area contributed by atoms with Crippen molar-refractivity contribution in [3.8, 4) is 0 Å². The summed E-state index contributed by atoms with van der Waals surface area (Å²) < 4.78 is 1.52. The van der Waals surface area contributed by atoms with Crippen molar-refractivity contribution in [1.29, 1.82) is 0 Å². The molecule has 0 saturated heterocycles. The van der Waals surface area contributed by atoms with Crippen molar-refractivity contribution in [3.05, 3.63) is 47.5 Å². The predicted molar refractivity (Wildman–Crippen MR) is 90.1 cm³/mol. The van der Waals surface area contributed by atoms with Gasteiger partial charge in [-0.2, -0.15) is 9.78 Å². The third kappa shape index (κ3) is 3.14. The highest BCUT2D eigenvalue weighted by Crippen LogP contribution is 2.38. The van der Waals surface area contributed by atoms with Gasteiger partial charge in [0.2, 0.25) is 5.84 Å². The second-order valence-electron chi connectivity index (χ2n) is 6.56. The average Bonchev–Trinajstić information content (AvgIpc) is 3.10. The minimum absolute atomic E-state index is 0.350. The molecule has 5 nitrogen and oxygen atoms in total. The highest BCUT2D eigenvalue weighted by molar-refractivity contribution is 6.01. The fourth-order valence-corrected chi connectivity index (χ4v) is 3.73. The third-order valence-electron chi connectivity index (χ3n) is 4.73. The highest BCUT2D eigenvalue weighted by Gasteiger charge is 2.24. The molecule has 1 aliphatic rings. The molecule has 0 radical (unpaired) electrons. The van der Waals surface area contributed by atoms with Crippen molar-refractivity contribution >= 4 is 5.84 Å². The third-order valence-corrected chi connectivity index (χ3v) is 4.73. The Balaban J connectivity index is 2.10. The van der Waals surface area contributed by atoms with E-state index in [1.807, 2.05) is 6.07 Å². The molecule has 2 aromatic rings. The molecule has 1 aromatic heterocycles. The van der Waals surface area contributed by atoms with E-state index in [1.54, 1.807) is 6.33 Å². The molecule has 1 heterocycles. The molecule has 1 aliphatic carbocycles. The summed E-state index contributed by atoms with van der Waals surface area (Å²) in [5.41, 5.74) is 3.61. The Morgan fingerprint density at radius 3 is 2.65 bits per heavy atom. The summed E-state index contributed by atoms with van der Waals surface area (Å²) in [4.78, 5) is 3.96. The van der Waals surface area contributed by atoms with Gasteiger partial charge in [-0.3, -0.25) is 0 Å². The summed E-state index contributed by atoms with van der Waals surface area (Å²) >= 11 is 0. The van der Waals surface area contributed by atoms with Crippen LogP contribution in [0.3, 0.4) is 0 Å². The van der Waals surface area contributed by atoms with Gasteiger partial charge in [0.25, 0.3) is 0 Å². The van der Waals surface area contributed by atoms with E-state index >= 15 is 0 Å². The Labute approximate surface area is 137 Å². The lowest BCUT2D eigenvalue weighted by Crippen LogP contribution is -2.19. The second-order valence-corrected chi connectivity index (χ2v) is 6.56. The van der Waals surface area contributed by atoms with Crippen LogP contribution in [0.25, 0.3) is 0 Å². The molecule has 0 atom stereocenters. The van der Waals surface area contributed by atoms with Crippen molar-refractivity contribution in [2.75, 3.05) is 0 Å². The average molecular weight is 312 g/mol. The van der Waals surface area contributed by atoms with Crippen LogP contribution in [-0.2, 0) is 0 Å². The normalized spacial score (nSPS) is 16.9. The van der Waals surface area contributed by atoms with Crippen LogP contribution in [0.4, 0.5) is 0 Å². The summed E-state index contributed by atoms with van der Waals surface area (Å²) in [6.45, 7) is 4.39. The zero-order chi connectivity index (χ0) is 16.2. The van der Waals surface area contributed by atoms with E-state index in [-0.39, 0.29) is 0 Å². The zero-order valence-electron chi connectivity index (χ0n) is 13.8. The molecule has 1 saturated carbocycles.